The zero-order valence-corrected chi connectivity index (χ0v) is 17.0. The number of fused-ring (bicyclic) bond motifs is 1. The van der Waals surface area contributed by atoms with E-state index in [4.69, 9.17) is 9.47 Å². The van der Waals surface area contributed by atoms with Crippen LogP contribution >= 0.6 is 0 Å². The molecule has 0 fully saturated rings. The summed E-state index contributed by atoms with van der Waals surface area (Å²) in [6.07, 6.45) is 0.387. The van der Waals surface area contributed by atoms with E-state index in [1.165, 1.54) is 0 Å². The van der Waals surface area contributed by atoms with Gasteiger partial charge >= 0.3 is 0 Å². The van der Waals surface area contributed by atoms with Gasteiger partial charge in [-0.1, -0.05) is 60.7 Å². The summed E-state index contributed by atoms with van der Waals surface area (Å²) in [4.78, 5) is 25.7. The Morgan fingerprint density at radius 2 is 1.55 bits per heavy atom. The molecule has 3 aromatic rings. The molecule has 1 aliphatic heterocycles. The van der Waals surface area contributed by atoms with Crippen LogP contribution < -0.4 is 20.1 Å². The monoisotopic (exact) mass is 416 g/mol. The Bertz CT molecular complexity index is 1040. The minimum atomic E-state index is -0.716. The first-order valence-corrected chi connectivity index (χ1v) is 10.3. The molecule has 1 heterocycles. The lowest BCUT2D eigenvalue weighted by atomic mass is 10.0. The van der Waals surface area contributed by atoms with E-state index in [0.29, 0.717) is 36.7 Å². The van der Waals surface area contributed by atoms with Gasteiger partial charge in [-0.3, -0.25) is 9.59 Å². The second-order valence-electron chi connectivity index (χ2n) is 7.24. The Balaban J connectivity index is 1.48. The van der Waals surface area contributed by atoms with Crippen molar-refractivity contribution in [2.75, 3.05) is 13.2 Å². The van der Waals surface area contributed by atoms with E-state index >= 15 is 0 Å². The molecule has 0 saturated heterocycles. The highest BCUT2D eigenvalue weighted by atomic mass is 16.6. The van der Waals surface area contributed by atoms with Crippen molar-refractivity contribution in [1.82, 2.24) is 10.6 Å². The highest BCUT2D eigenvalue weighted by Gasteiger charge is 2.23. The molecule has 0 aliphatic carbocycles. The first kappa shape index (κ1) is 20.5. The van der Waals surface area contributed by atoms with Crippen molar-refractivity contribution in [1.29, 1.82) is 0 Å². The largest absolute Gasteiger partial charge is 0.486 e. The fraction of sp³-hybridized carbons (Fsp3) is 0.200. The van der Waals surface area contributed by atoms with E-state index in [9.17, 15) is 9.59 Å². The predicted molar refractivity (Wildman–Crippen MR) is 117 cm³/mol. The van der Waals surface area contributed by atoms with Gasteiger partial charge in [0.1, 0.15) is 19.3 Å². The molecule has 158 valence electrons. The van der Waals surface area contributed by atoms with Crippen molar-refractivity contribution >= 4 is 11.8 Å². The Morgan fingerprint density at radius 3 is 2.32 bits per heavy atom. The summed E-state index contributed by atoms with van der Waals surface area (Å²) in [7, 11) is 0. The molecule has 0 bridgehead atoms. The van der Waals surface area contributed by atoms with Crippen LogP contribution in [0, 0.1) is 0 Å². The molecule has 0 radical (unpaired) electrons. The number of carbonyl (C=O) groups is 2. The average molecular weight is 416 g/mol. The van der Waals surface area contributed by atoms with Crippen molar-refractivity contribution in [3.05, 3.63) is 95.6 Å². The van der Waals surface area contributed by atoms with Gasteiger partial charge in [0, 0.05) is 24.1 Å². The van der Waals surface area contributed by atoms with Crippen molar-refractivity contribution < 1.29 is 19.1 Å². The standard InChI is InChI=1S/C25H24N2O4/c28-24(19-10-5-2-6-11-19)27-21(16-18-8-3-1-4-9-18)25(29)26-17-20-12-7-13-22-23(20)31-15-14-30-22/h1-13,21H,14-17H2,(H,26,29)(H,27,28). The molecule has 31 heavy (non-hydrogen) atoms. The number of nitrogens with one attached hydrogen (secondary N) is 2. The molecule has 4 rings (SSSR count). The highest BCUT2D eigenvalue weighted by Crippen LogP contribution is 2.33. The molecule has 1 atom stereocenters. The van der Waals surface area contributed by atoms with Crippen molar-refractivity contribution in [2.24, 2.45) is 0 Å². The number of ether oxygens (including phenoxy) is 2. The quantitative estimate of drug-likeness (QED) is 0.621. The van der Waals surface area contributed by atoms with Crippen LogP contribution in [0.15, 0.2) is 78.9 Å². The third kappa shape index (κ3) is 5.22. The first-order valence-electron chi connectivity index (χ1n) is 10.3. The molecular weight excluding hydrogens is 392 g/mol. The summed E-state index contributed by atoms with van der Waals surface area (Å²) in [6, 6.07) is 23.4. The topological polar surface area (TPSA) is 76.7 Å². The lowest BCUT2D eigenvalue weighted by Crippen LogP contribution is -2.47. The zero-order chi connectivity index (χ0) is 21.5. The van der Waals surface area contributed by atoms with E-state index in [-0.39, 0.29) is 18.4 Å². The number of rotatable bonds is 7. The van der Waals surface area contributed by atoms with Crippen LogP contribution in [-0.4, -0.2) is 31.1 Å². The first-order chi connectivity index (χ1) is 15.2. The summed E-state index contributed by atoms with van der Waals surface area (Å²) in [5.74, 6) is 0.783. The third-order valence-corrected chi connectivity index (χ3v) is 5.04. The van der Waals surface area contributed by atoms with Gasteiger partial charge in [0.2, 0.25) is 5.91 Å². The number of para-hydroxylation sites is 1. The second-order valence-corrected chi connectivity index (χ2v) is 7.24. The Kier molecular flexibility index (Phi) is 6.47. The second kappa shape index (κ2) is 9.80. The molecule has 1 aliphatic rings. The fourth-order valence-corrected chi connectivity index (χ4v) is 3.47. The number of benzene rings is 3. The van der Waals surface area contributed by atoms with Gasteiger partial charge in [-0.2, -0.15) is 0 Å². The molecule has 0 aromatic heterocycles. The van der Waals surface area contributed by atoms with Gasteiger partial charge in [0.25, 0.3) is 5.91 Å². The summed E-state index contributed by atoms with van der Waals surface area (Å²) in [5, 5.41) is 5.81. The lowest BCUT2D eigenvalue weighted by Gasteiger charge is -2.22. The Morgan fingerprint density at radius 1 is 0.839 bits per heavy atom. The number of hydrogen-bond acceptors (Lipinski definition) is 4. The fourth-order valence-electron chi connectivity index (χ4n) is 3.47. The van der Waals surface area contributed by atoms with Crippen LogP contribution in [-0.2, 0) is 17.8 Å². The van der Waals surface area contributed by atoms with Crippen LogP contribution in [0.2, 0.25) is 0 Å². The van der Waals surface area contributed by atoms with E-state index in [2.05, 4.69) is 10.6 Å². The normalized spacial score (nSPS) is 13.2. The highest BCUT2D eigenvalue weighted by molar-refractivity contribution is 5.97. The molecular formula is C25H24N2O4. The maximum atomic E-state index is 13.1. The van der Waals surface area contributed by atoms with Gasteiger partial charge in [-0.05, 0) is 23.8 Å². The molecule has 2 amide bonds. The van der Waals surface area contributed by atoms with Crippen LogP contribution in [0.3, 0.4) is 0 Å². The van der Waals surface area contributed by atoms with E-state index in [0.717, 1.165) is 11.1 Å². The van der Waals surface area contributed by atoms with Crippen LogP contribution in [0.25, 0.3) is 0 Å². The molecule has 6 heteroatoms. The molecule has 0 saturated carbocycles. The summed E-state index contributed by atoms with van der Waals surface area (Å²) < 4.78 is 11.3. The molecule has 0 spiro atoms. The summed E-state index contributed by atoms with van der Waals surface area (Å²) >= 11 is 0. The molecule has 3 aromatic carbocycles. The molecule has 1 unspecified atom stereocenters. The Labute approximate surface area is 181 Å². The third-order valence-electron chi connectivity index (χ3n) is 5.04. The van der Waals surface area contributed by atoms with Crippen molar-refractivity contribution in [3.8, 4) is 11.5 Å². The summed E-state index contributed by atoms with van der Waals surface area (Å²) in [5.41, 5.74) is 2.30. The number of hydrogen-bond donors (Lipinski definition) is 2. The number of carbonyl (C=O) groups excluding carboxylic acids is 2. The van der Waals surface area contributed by atoms with Gasteiger partial charge in [0.05, 0.1) is 0 Å². The SMILES string of the molecule is O=C(NC(Cc1ccccc1)C(=O)NCc1cccc2c1OCCO2)c1ccccc1. The van der Waals surface area contributed by atoms with Gasteiger partial charge in [-0.25, -0.2) is 0 Å². The summed E-state index contributed by atoms with van der Waals surface area (Å²) in [6.45, 7) is 1.26. The van der Waals surface area contributed by atoms with Crippen LogP contribution in [0.1, 0.15) is 21.5 Å². The smallest absolute Gasteiger partial charge is 0.251 e. The van der Waals surface area contributed by atoms with Crippen LogP contribution in [0.5, 0.6) is 11.5 Å². The van der Waals surface area contributed by atoms with E-state index in [1.807, 2.05) is 54.6 Å². The van der Waals surface area contributed by atoms with Gasteiger partial charge in [-0.15, -0.1) is 0 Å². The van der Waals surface area contributed by atoms with Gasteiger partial charge in [0.15, 0.2) is 11.5 Å². The van der Waals surface area contributed by atoms with Crippen molar-refractivity contribution in [3.63, 3.8) is 0 Å². The number of amides is 2. The maximum Gasteiger partial charge on any atom is 0.251 e. The lowest BCUT2D eigenvalue weighted by molar-refractivity contribution is -0.123. The van der Waals surface area contributed by atoms with Crippen molar-refractivity contribution in [2.45, 2.75) is 19.0 Å². The minimum Gasteiger partial charge on any atom is -0.486 e. The van der Waals surface area contributed by atoms with Crippen LogP contribution in [0.4, 0.5) is 0 Å². The van der Waals surface area contributed by atoms with E-state index < -0.39 is 6.04 Å². The minimum absolute atomic E-state index is 0.262. The predicted octanol–water partition coefficient (Wildman–Crippen LogP) is 3.12. The Hall–Kier alpha value is -3.80. The van der Waals surface area contributed by atoms with Gasteiger partial charge < -0.3 is 20.1 Å². The van der Waals surface area contributed by atoms with E-state index in [1.54, 1.807) is 24.3 Å². The molecule has 2 N–H and O–H groups in total. The maximum absolute atomic E-state index is 13.1. The average Bonchev–Trinajstić information content (AvgIpc) is 2.83. The zero-order valence-electron chi connectivity index (χ0n) is 17.0. The molecule has 6 nitrogen and oxygen atoms in total.